The Morgan fingerprint density at radius 3 is 2.54 bits per heavy atom. The van der Waals surface area contributed by atoms with Crippen LogP contribution in [0.3, 0.4) is 0 Å². The zero-order valence-electron chi connectivity index (χ0n) is 14.6. The predicted molar refractivity (Wildman–Crippen MR) is 101 cm³/mol. The Labute approximate surface area is 162 Å². The van der Waals surface area contributed by atoms with Gasteiger partial charge in [-0.15, -0.1) is 0 Å². The highest BCUT2D eigenvalue weighted by atomic mass is 32.2. The molecule has 0 radical (unpaired) electrons. The largest absolute Gasteiger partial charge is 0.495 e. The Balaban J connectivity index is 2.03. The minimum Gasteiger partial charge on any atom is -0.495 e. The number of nitrogens with one attached hydrogen (secondary N) is 1. The van der Waals surface area contributed by atoms with Gasteiger partial charge in [0.2, 0.25) is 15.9 Å². The predicted octanol–water partition coefficient (Wildman–Crippen LogP) is 1.43. The molecule has 9 nitrogen and oxygen atoms in total. The Morgan fingerprint density at radius 2 is 1.93 bits per heavy atom. The number of para-hydroxylation sites is 1. The van der Waals surface area contributed by atoms with Crippen molar-refractivity contribution in [2.24, 2.45) is 0 Å². The van der Waals surface area contributed by atoms with Gasteiger partial charge in [-0.3, -0.25) is 9.52 Å². The Morgan fingerprint density at radius 1 is 1.21 bits per heavy atom. The van der Waals surface area contributed by atoms with Gasteiger partial charge in [-0.25, -0.2) is 21.1 Å². The molecule has 1 heterocycles. The van der Waals surface area contributed by atoms with E-state index in [0.717, 1.165) is 6.07 Å². The van der Waals surface area contributed by atoms with Gasteiger partial charge in [-0.05, 0) is 24.3 Å². The van der Waals surface area contributed by atoms with E-state index in [0.29, 0.717) is 4.31 Å². The molecule has 0 aromatic heterocycles. The first-order valence-electron chi connectivity index (χ1n) is 7.95. The summed E-state index contributed by atoms with van der Waals surface area (Å²) < 4.78 is 57.8. The number of carbonyl (C=O) groups is 1. The van der Waals surface area contributed by atoms with E-state index in [9.17, 15) is 21.6 Å². The zero-order chi connectivity index (χ0) is 20.5. The van der Waals surface area contributed by atoms with Gasteiger partial charge in [-0.2, -0.15) is 5.26 Å². The summed E-state index contributed by atoms with van der Waals surface area (Å²) in [7, 11) is -6.72. The molecule has 1 amide bonds. The summed E-state index contributed by atoms with van der Waals surface area (Å²) in [5, 5.41) is 9.11. The SMILES string of the molecule is COc1cc(N2C(=O)CCS2(=O)=O)ccc1S(=O)(=O)Nc1ccccc1C#N. The molecule has 1 aliphatic heterocycles. The highest BCUT2D eigenvalue weighted by molar-refractivity contribution is 7.94. The fourth-order valence-electron chi connectivity index (χ4n) is 2.74. The molecule has 1 saturated heterocycles. The van der Waals surface area contributed by atoms with Crippen molar-refractivity contribution in [2.75, 3.05) is 21.9 Å². The number of carbonyl (C=O) groups excluding carboxylic acids is 1. The van der Waals surface area contributed by atoms with E-state index in [1.165, 1.54) is 31.4 Å². The van der Waals surface area contributed by atoms with E-state index in [-0.39, 0.29) is 39.8 Å². The second-order valence-electron chi connectivity index (χ2n) is 5.82. The van der Waals surface area contributed by atoms with Crippen LogP contribution in [-0.4, -0.2) is 35.6 Å². The molecular formula is C17H15N3O6S2. The molecule has 0 aliphatic carbocycles. The van der Waals surface area contributed by atoms with Gasteiger partial charge >= 0.3 is 0 Å². The number of hydrogen-bond donors (Lipinski definition) is 1. The second-order valence-corrected chi connectivity index (χ2v) is 9.41. The van der Waals surface area contributed by atoms with Crippen molar-refractivity contribution in [3.63, 3.8) is 0 Å². The molecule has 3 rings (SSSR count). The highest BCUT2D eigenvalue weighted by Gasteiger charge is 2.37. The Kier molecular flexibility index (Phi) is 5.01. The first kappa shape index (κ1) is 19.7. The quantitative estimate of drug-likeness (QED) is 0.772. The Hall–Kier alpha value is -3.10. The van der Waals surface area contributed by atoms with Crippen LogP contribution in [0, 0.1) is 11.3 Å². The fourth-order valence-corrected chi connectivity index (χ4v) is 5.43. The van der Waals surface area contributed by atoms with Gasteiger partial charge in [0.05, 0.1) is 29.8 Å². The third kappa shape index (κ3) is 3.51. The lowest BCUT2D eigenvalue weighted by atomic mass is 10.2. The maximum absolute atomic E-state index is 12.8. The van der Waals surface area contributed by atoms with Crippen LogP contribution in [0.5, 0.6) is 5.75 Å². The normalized spacial score (nSPS) is 15.9. The summed E-state index contributed by atoms with van der Waals surface area (Å²) in [6.45, 7) is 0. The van der Waals surface area contributed by atoms with Crippen LogP contribution in [0.25, 0.3) is 0 Å². The van der Waals surface area contributed by atoms with Crippen LogP contribution in [0.4, 0.5) is 11.4 Å². The lowest BCUT2D eigenvalue weighted by Crippen LogP contribution is -2.29. The van der Waals surface area contributed by atoms with E-state index in [4.69, 9.17) is 10.00 Å². The molecule has 0 unspecified atom stereocenters. The molecule has 28 heavy (non-hydrogen) atoms. The summed E-state index contributed by atoms with van der Waals surface area (Å²) in [6, 6.07) is 11.5. The van der Waals surface area contributed by atoms with E-state index < -0.39 is 26.0 Å². The first-order chi connectivity index (χ1) is 13.2. The number of nitriles is 1. The molecular weight excluding hydrogens is 406 g/mol. The number of amides is 1. The molecule has 1 aliphatic rings. The fraction of sp³-hybridized carbons (Fsp3) is 0.176. The van der Waals surface area contributed by atoms with Gasteiger partial charge in [0.25, 0.3) is 10.0 Å². The lowest BCUT2D eigenvalue weighted by molar-refractivity contribution is -0.116. The topological polar surface area (TPSA) is 134 Å². The lowest BCUT2D eigenvalue weighted by Gasteiger charge is -2.18. The molecule has 0 atom stereocenters. The number of ether oxygens (including phenoxy) is 1. The summed E-state index contributed by atoms with van der Waals surface area (Å²) in [6.07, 6.45) is -0.142. The van der Waals surface area contributed by atoms with Crippen molar-refractivity contribution in [3.05, 3.63) is 48.0 Å². The molecule has 0 saturated carbocycles. The summed E-state index contributed by atoms with van der Waals surface area (Å²) in [4.78, 5) is 11.7. The van der Waals surface area contributed by atoms with Gasteiger partial charge in [0, 0.05) is 12.5 Å². The summed E-state index contributed by atoms with van der Waals surface area (Å²) >= 11 is 0. The minimum absolute atomic E-state index is 0.00396. The number of sulfonamides is 2. The van der Waals surface area contributed by atoms with Crippen LogP contribution in [0.15, 0.2) is 47.4 Å². The van der Waals surface area contributed by atoms with E-state index >= 15 is 0 Å². The number of nitrogens with zero attached hydrogens (tertiary/aromatic N) is 2. The molecule has 2 aromatic rings. The molecule has 0 spiro atoms. The van der Waals surface area contributed by atoms with Crippen LogP contribution in [0.1, 0.15) is 12.0 Å². The van der Waals surface area contributed by atoms with Crippen LogP contribution in [0.2, 0.25) is 0 Å². The first-order valence-corrected chi connectivity index (χ1v) is 11.0. The molecule has 2 aromatic carbocycles. The average molecular weight is 421 g/mol. The van der Waals surface area contributed by atoms with Crippen molar-refractivity contribution in [3.8, 4) is 11.8 Å². The zero-order valence-corrected chi connectivity index (χ0v) is 16.2. The third-order valence-electron chi connectivity index (χ3n) is 4.04. The maximum Gasteiger partial charge on any atom is 0.265 e. The van der Waals surface area contributed by atoms with Gasteiger partial charge < -0.3 is 4.74 Å². The van der Waals surface area contributed by atoms with Crippen molar-refractivity contribution >= 4 is 37.3 Å². The van der Waals surface area contributed by atoms with E-state index in [1.807, 2.05) is 6.07 Å². The maximum atomic E-state index is 12.8. The number of hydrogen-bond acceptors (Lipinski definition) is 7. The highest BCUT2D eigenvalue weighted by Crippen LogP contribution is 2.33. The minimum atomic E-state index is -4.15. The van der Waals surface area contributed by atoms with Gasteiger partial charge in [-0.1, -0.05) is 12.1 Å². The Bertz CT molecular complexity index is 1200. The van der Waals surface area contributed by atoms with Gasteiger partial charge in [0.15, 0.2) is 0 Å². The van der Waals surface area contributed by atoms with Gasteiger partial charge in [0.1, 0.15) is 16.7 Å². The second kappa shape index (κ2) is 7.14. The summed E-state index contributed by atoms with van der Waals surface area (Å²) in [5.74, 6) is -1.05. The standard InChI is InChI=1S/C17H15N3O6S2/c1-26-15-10-13(20-17(21)8-9-27(20,22)23)6-7-16(15)28(24,25)19-14-5-3-2-4-12(14)11-18/h2-7,10,19H,8-9H2,1H3. The summed E-state index contributed by atoms with van der Waals surface area (Å²) in [5.41, 5.74) is 0.222. The number of rotatable bonds is 5. The third-order valence-corrected chi connectivity index (χ3v) is 7.14. The average Bonchev–Trinajstić information content (AvgIpc) is 2.93. The molecule has 146 valence electrons. The van der Waals surface area contributed by atoms with Crippen molar-refractivity contribution in [2.45, 2.75) is 11.3 Å². The van der Waals surface area contributed by atoms with Crippen LogP contribution in [-0.2, 0) is 24.8 Å². The number of methoxy groups -OCH3 is 1. The van der Waals surface area contributed by atoms with Crippen molar-refractivity contribution in [1.29, 1.82) is 5.26 Å². The van der Waals surface area contributed by atoms with E-state index in [1.54, 1.807) is 12.1 Å². The molecule has 1 N–H and O–H groups in total. The van der Waals surface area contributed by atoms with E-state index in [2.05, 4.69) is 4.72 Å². The smallest absolute Gasteiger partial charge is 0.265 e. The molecule has 0 bridgehead atoms. The number of anilines is 2. The molecule has 1 fully saturated rings. The monoisotopic (exact) mass is 421 g/mol. The van der Waals surface area contributed by atoms with Crippen LogP contribution >= 0.6 is 0 Å². The molecule has 11 heteroatoms. The van der Waals surface area contributed by atoms with Crippen LogP contribution < -0.4 is 13.8 Å². The van der Waals surface area contributed by atoms with Crippen molar-refractivity contribution < 1.29 is 26.4 Å². The van der Waals surface area contributed by atoms with Crippen molar-refractivity contribution in [1.82, 2.24) is 0 Å². The number of benzene rings is 2.